The lowest BCUT2D eigenvalue weighted by Gasteiger charge is -2.19. The summed E-state index contributed by atoms with van der Waals surface area (Å²) in [5, 5.41) is 5.39. The molecule has 0 rings (SSSR count). The maximum Gasteiger partial charge on any atom is 0.407 e. The third-order valence-electron chi connectivity index (χ3n) is 4.29. The first kappa shape index (κ1) is 32.5. The molecule has 0 aliphatic heterocycles. The topological polar surface area (TPSA) is 129 Å². The highest BCUT2D eigenvalue weighted by molar-refractivity contribution is 5.91. The summed E-state index contributed by atoms with van der Waals surface area (Å²) in [4.78, 5) is 46.4. The van der Waals surface area contributed by atoms with Crippen LogP contribution in [-0.2, 0) is 28.5 Å². The van der Waals surface area contributed by atoms with Crippen LogP contribution in [0.5, 0.6) is 0 Å². The monoisotopic (exact) mass is 502 g/mol. The zero-order valence-corrected chi connectivity index (χ0v) is 22.5. The van der Waals surface area contributed by atoms with Gasteiger partial charge in [-0.2, -0.15) is 0 Å². The van der Waals surface area contributed by atoms with Crippen molar-refractivity contribution in [1.29, 1.82) is 0 Å². The molecular formula is C25H46N2O8. The lowest BCUT2D eigenvalue weighted by atomic mass is 10.2. The van der Waals surface area contributed by atoms with Crippen molar-refractivity contribution in [2.45, 2.75) is 111 Å². The average molecular weight is 503 g/mol. The van der Waals surface area contributed by atoms with E-state index in [2.05, 4.69) is 10.6 Å². The summed E-state index contributed by atoms with van der Waals surface area (Å²) < 4.78 is 20.4. The largest absolute Gasteiger partial charge is 0.465 e. The summed E-state index contributed by atoms with van der Waals surface area (Å²) in [7, 11) is 0. The molecule has 0 saturated heterocycles. The molecule has 0 saturated carbocycles. The molecule has 0 aromatic heterocycles. The molecule has 0 aromatic rings. The number of alkyl carbamates (subject to hydrolysis) is 2. The normalized spacial score (nSPS) is 11.4. The Kier molecular flexibility index (Phi) is 16.6. The minimum Gasteiger partial charge on any atom is -0.465 e. The number of esters is 2. The van der Waals surface area contributed by atoms with Gasteiger partial charge in [0.2, 0.25) is 0 Å². The van der Waals surface area contributed by atoms with Gasteiger partial charge in [-0.1, -0.05) is 12.8 Å². The highest BCUT2D eigenvalue weighted by Gasteiger charge is 2.16. The van der Waals surface area contributed by atoms with Crippen molar-refractivity contribution in [2.24, 2.45) is 0 Å². The van der Waals surface area contributed by atoms with Crippen LogP contribution in [0.2, 0.25) is 0 Å². The lowest BCUT2D eigenvalue weighted by Crippen LogP contribution is -2.33. The van der Waals surface area contributed by atoms with Crippen LogP contribution in [0, 0.1) is 0 Å². The standard InChI is InChI=1S/C25H46N2O8/c1-24(2,3)34-22(30)26-15-11-7-9-13-17-32-20(28)19-21(29)33-18-14-10-8-12-16-27-23(31)35-25(4,5)6/h7-19H2,1-6H3,(H,26,30)(H,27,31). The zero-order valence-electron chi connectivity index (χ0n) is 22.5. The first-order valence-corrected chi connectivity index (χ1v) is 12.5. The molecule has 0 unspecified atom stereocenters. The molecule has 0 aromatic carbocycles. The van der Waals surface area contributed by atoms with Gasteiger partial charge in [-0.3, -0.25) is 9.59 Å². The number of ether oxygens (including phenoxy) is 4. The number of unbranched alkanes of at least 4 members (excludes halogenated alkanes) is 6. The summed E-state index contributed by atoms with van der Waals surface area (Å²) in [6, 6.07) is 0. The van der Waals surface area contributed by atoms with Gasteiger partial charge in [-0.05, 0) is 80.1 Å². The fourth-order valence-electron chi connectivity index (χ4n) is 2.76. The van der Waals surface area contributed by atoms with Gasteiger partial charge < -0.3 is 29.6 Å². The second-order valence-corrected chi connectivity index (χ2v) is 10.3. The second kappa shape index (κ2) is 17.8. The Hall–Kier alpha value is -2.52. The highest BCUT2D eigenvalue weighted by atomic mass is 16.6. The molecule has 204 valence electrons. The predicted molar refractivity (Wildman–Crippen MR) is 132 cm³/mol. The number of nitrogens with one attached hydrogen (secondary N) is 2. The third kappa shape index (κ3) is 24.4. The van der Waals surface area contributed by atoms with E-state index in [1.807, 2.05) is 41.5 Å². The summed E-state index contributed by atoms with van der Waals surface area (Å²) in [5.74, 6) is -1.18. The molecule has 0 aliphatic rings. The van der Waals surface area contributed by atoms with Crippen LogP contribution in [0.3, 0.4) is 0 Å². The first-order valence-electron chi connectivity index (χ1n) is 12.5. The predicted octanol–water partition coefficient (Wildman–Crippen LogP) is 4.63. The Morgan fingerprint density at radius 1 is 0.543 bits per heavy atom. The van der Waals surface area contributed by atoms with Crippen LogP contribution in [0.1, 0.15) is 99.3 Å². The number of carbonyl (C=O) groups is 4. The molecule has 0 heterocycles. The summed E-state index contributed by atoms with van der Waals surface area (Å²) in [6.07, 6.45) is 5.21. The van der Waals surface area contributed by atoms with Crippen LogP contribution in [0.4, 0.5) is 9.59 Å². The summed E-state index contributed by atoms with van der Waals surface area (Å²) >= 11 is 0. The molecule has 10 heteroatoms. The molecule has 0 radical (unpaired) electrons. The van der Waals surface area contributed by atoms with Gasteiger partial charge in [0.05, 0.1) is 13.2 Å². The molecule has 0 bridgehead atoms. The fraction of sp³-hybridized carbons (Fsp3) is 0.840. The molecule has 0 fully saturated rings. The van der Waals surface area contributed by atoms with E-state index in [0.29, 0.717) is 25.9 Å². The van der Waals surface area contributed by atoms with E-state index in [1.54, 1.807) is 0 Å². The molecule has 0 spiro atoms. The van der Waals surface area contributed by atoms with Gasteiger partial charge in [-0.25, -0.2) is 9.59 Å². The molecule has 2 amide bonds. The van der Waals surface area contributed by atoms with Crippen molar-refractivity contribution in [3.63, 3.8) is 0 Å². The van der Waals surface area contributed by atoms with Crippen molar-refractivity contribution in [3.05, 3.63) is 0 Å². The number of amides is 2. The highest BCUT2D eigenvalue weighted by Crippen LogP contribution is 2.08. The number of rotatable bonds is 16. The lowest BCUT2D eigenvalue weighted by molar-refractivity contribution is -0.154. The van der Waals surface area contributed by atoms with E-state index in [-0.39, 0.29) is 19.6 Å². The average Bonchev–Trinajstić information content (AvgIpc) is 2.69. The van der Waals surface area contributed by atoms with Crippen LogP contribution in [0.25, 0.3) is 0 Å². The van der Waals surface area contributed by atoms with Crippen LogP contribution >= 0.6 is 0 Å². The van der Waals surface area contributed by atoms with Crippen molar-refractivity contribution >= 4 is 24.1 Å². The molecule has 0 aliphatic carbocycles. The van der Waals surface area contributed by atoms with Gasteiger partial charge in [0.25, 0.3) is 0 Å². The fourth-order valence-corrected chi connectivity index (χ4v) is 2.76. The van der Waals surface area contributed by atoms with Gasteiger partial charge in [0.15, 0.2) is 0 Å². The molecule has 10 nitrogen and oxygen atoms in total. The minimum absolute atomic E-state index is 0.253. The maximum atomic E-state index is 11.7. The maximum absolute atomic E-state index is 11.7. The smallest absolute Gasteiger partial charge is 0.407 e. The Labute approximate surface area is 210 Å². The van der Waals surface area contributed by atoms with Gasteiger partial charge in [0, 0.05) is 13.1 Å². The van der Waals surface area contributed by atoms with E-state index in [9.17, 15) is 19.2 Å². The van der Waals surface area contributed by atoms with Gasteiger partial charge in [0.1, 0.15) is 17.6 Å². The van der Waals surface area contributed by atoms with Crippen LogP contribution < -0.4 is 10.6 Å². The minimum atomic E-state index is -0.588. The number of hydrogen-bond donors (Lipinski definition) is 2. The summed E-state index contributed by atoms with van der Waals surface area (Å²) in [6.45, 7) is 12.4. The van der Waals surface area contributed by atoms with E-state index >= 15 is 0 Å². The third-order valence-corrected chi connectivity index (χ3v) is 4.29. The van der Waals surface area contributed by atoms with E-state index in [0.717, 1.165) is 38.5 Å². The van der Waals surface area contributed by atoms with E-state index in [4.69, 9.17) is 18.9 Å². The SMILES string of the molecule is CC(C)(C)OC(=O)NCCCCCCOC(=O)CC(=O)OCCCCCCNC(=O)OC(C)(C)C. The van der Waals surface area contributed by atoms with Gasteiger partial charge in [-0.15, -0.1) is 0 Å². The molecule has 35 heavy (non-hydrogen) atoms. The Bertz CT molecular complexity index is 584. The van der Waals surface area contributed by atoms with E-state index in [1.165, 1.54) is 0 Å². The molecular weight excluding hydrogens is 456 g/mol. The Balaban J connectivity index is 3.53. The van der Waals surface area contributed by atoms with Crippen molar-refractivity contribution < 1.29 is 38.1 Å². The van der Waals surface area contributed by atoms with E-state index < -0.39 is 35.3 Å². The molecule has 2 N–H and O–H groups in total. The number of carbonyl (C=O) groups excluding carboxylic acids is 4. The zero-order chi connectivity index (χ0) is 26.7. The van der Waals surface area contributed by atoms with Crippen molar-refractivity contribution in [3.8, 4) is 0 Å². The Morgan fingerprint density at radius 2 is 0.886 bits per heavy atom. The summed E-state index contributed by atoms with van der Waals surface area (Å²) in [5.41, 5.74) is -1.02. The first-order chi connectivity index (χ1) is 16.3. The Morgan fingerprint density at radius 3 is 1.23 bits per heavy atom. The van der Waals surface area contributed by atoms with Crippen LogP contribution in [-0.4, -0.2) is 61.6 Å². The van der Waals surface area contributed by atoms with Crippen LogP contribution in [0.15, 0.2) is 0 Å². The second-order valence-electron chi connectivity index (χ2n) is 10.3. The van der Waals surface area contributed by atoms with Gasteiger partial charge >= 0.3 is 24.1 Å². The molecule has 0 atom stereocenters. The quantitative estimate of drug-likeness (QED) is 0.135. The van der Waals surface area contributed by atoms with Crippen molar-refractivity contribution in [2.75, 3.05) is 26.3 Å². The van der Waals surface area contributed by atoms with Crippen molar-refractivity contribution in [1.82, 2.24) is 10.6 Å². The number of hydrogen-bond acceptors (Lipinski definition) is 8.